The molecule has 0 fully saturated rings. The fourth-order valence-electron chi connectivity index (χ4n) is 3.15. The zero-order valence-corrected chi connectivity index (χ0v) is 16.6. The van der Waals surface area contributed by atoms with Crippen molar-refractivity contribution in [1.82, 2.24) is 15.6 Å². The molecule has 3 rings (SSSR count). The van der Waals surface area contributed by atoms with Crippen LogP contribution in [0.4, 0.5) is 0 Å². The molecule has 3 aromatic rings. The average molecular weight is 384 g/mol. The highest BCUT2D eigenvalue weighted by molar-refractivity contribution is 7.98. The summed E-state index contributed by atoms with van der Waals surface area (Å²) in [5.74, 6) is 1.38. The number of H-pyrrole nitrogens is 1. The van der Waals surface area contributed by atoms with Crippen LogP contribution in [0.1, 0.15) is 23.5 Å². The van der Waals surface area contributed by atoms with Gasteiger partial charge in [0.1, 0.15) is 0 Å². The van der Waals surface area contributed by atoms with Gasteiger partial charge in [-0.3, -0.25) is 0 Å². The van der Waals surface area contributed by atoms with Crippen LogP contribution in [-0.4, -0.2) is 35.2 Å². The van der Waals surface area contributed by atoms with E-state index in [1.54, 1.807) is 0 Å². The Bertz CT molecular complexity index is 829. The SMILES string of the molecule is CSCCCNC(=S)NC[C@@H](c1ccccc1)c1c[nH]c2ccccc12. The number of thioether (sulfide) groups is 1. The van der Waals surface area contributed by atoms with Gasteiger partial charge in [0.25, 0.3) is 0 Å². The summed E-state index contributed by atoms with van der Waals surface area (Å²) in [5, 5.41) is 8.71. The van der Waals surface area contributed by atoms with Crippen molar-refractivity contribution in [2.75, 3.05) is 25.1 Å². The number of hydrogen-bond acceptors (Lipinski definition) is 2. The van der Waals surface area contributed by atoms with E-state index in [9.17, 15) is 0 Å². The molecule has 0 amide bonds. The van der Waals surface area contributed by atoms with Crippen molar-refractivity contribution in [1.29, 1.82) is 0 Å². The topological polar surface area (TPSA) is 39.8 Å². The fraction of sp³-hybridized carbons (Fsp3) is 0.286. The third-order valence-corrected chi connectivity index (χ3v) is 5.46. The van der Waals surface area contributed by atoms with Crippen molar-refractivity contribution in [2.24, 2.45) is 0 Å². The molecular weight excluding hydrogens is 358 g/mol. The van der Waals surface area contributed by atoms with Gasteiger partial charge in [-0.2, -0.15) is 11.8 Å². The van der Waals surface area contributed by atoms with E-state index in [0.29, 0.717) is 0 Å². The highest BCUT2D eigenvalue weighted by Crippen LogP contribution is 2.30. The normalized spacial score (nSPS) is 12.0. The number of aromatic nitrogens is 1. The van der Waals surface area contributed by atoms with Gasteiger partial charge in [0.15, 0.2) is 5.11 Å². The Morgan fingerprint density at radius 2 is 1.85 bits per heavy atom. The van der Waals surface area contributed by atoms with Gasteiger partial charge in [-0.1, -0.05) is 48.5 Å². The molecule has 3 nitrogen and oxygen atoms in total. The number of thiocarbonyl (C=S) groups is 1. The van der Waals surface area contributed by atoms with E-state index >= 15 is 0 Å². The van der Waals surface area contributed by atoms with E-state index in [-0.39, 0.29) is 5.92 Å². The molecule has 1 heterocycles. The summed E-state index contributed by atoms with van der Waals surface area (Å²) in [6, 6.07) is 19.1. The second kappa shape index (κ2) is 9.64. The molecule has 5 heteroatoms. The van der Waals surface area contributed by atoms with Gasteiger partial charge >= 0.3 is 0 Å². The molecular formula is C21H25N3S2. The van der Waals surface area contributed by atoms with Crippen LogP contribution in [0.2, 0.25) is 0 Å². The molecule has 0 spiro atoms. The molecule has 136 valence electrons. The van der Waals surface area contributed by atoms with Gasteiger partial charge in [0.05, 0.1) is 0 Å². The van der Waals surface area contributed by atoms with Crippen LogP contribution in [0.15, 0.2) is 60.8 Å². The van der Waals surface area contributed by atoms with E-state index in [0.717, 1.165) is 30.4 Å². The predicted molar refractivity (Wildman–Crippen MR) is 118 cm³/mol. The first-order valence-corrected chi connectivity index (χ1v) is 10.7. The monoisotopic (exact) mass is 383 g/mol. The third kappa shape index (κ3) is 4.80. The number of benzene rings is 2. The Morgan fingerprint density at radius 3 is 2.65 bits per heavy atom. The number of hydrogen-bond donors (Lipinski definition) is 3. The summed E-state index contributed by atoms with van der Waals surface area (Å²) in [4.78, 5) is 3.40. The molecule has 0 saturated carbocycles. The van der Waals surface area contributed by atoms with Gasteiger partial charge in [-0.05, 0) is 47.8 Å². The van der Waals surface area contributed by atoms with Crippen molar-refractivity contribution < 1.29 is 0 Å². The lowest BCUT2D eigenvalue weighted by Gasteiger charge is -2.19. The van der Waals surface area contributed by atoms with Crippen LogP contribution in [0.25, 0.3) is 10.9 Å². The van der Waals surface area contributed by atoms with E-state index < -0.39 is 0 Å². The Balaban J connectivity index is 1.74. The van der Waals surface area contributed by atoms with Crippen molar-refractivity contribution in [2.45, 2.75) is 12.3 Å². The Labute approximate surface area is 165 Å². The fourth-order valence-corrected chi connectivity index (χ4v) is 3.77. The number of fused-ring (bicyclic) bond motifs is 1. The zero-order chi connectivity index (χ0) is 18.2. The first kappa shape index (κ1) is 18.8. The quantitative estimate of drug-likeness (QED) is 0.395. The van der Waals surface area contributed by atoms with Crippen LogP contribution in [0.3, 0.4) is 0 Å². The standard InChI is InChI=1S/C21H25N3S2/c1-26-13-7-12-22-21(25)24-14-18(16-8-3-2-4-9-16)19-15-23-20-11-6-5-10-17(19)20/h2-6,8-11,15,18,23H,7,12-14H2,1H3,(H2,22,24,25)/t18-/m0/s1. The summed E-state index contributed by atoms with van der Waals surface area (Å²) in [6.07, 6.45) is 5.37. The minimum Gasteiger partial charge on any atom is -0.363 e. The number of aromatic amines is 1. The molecule has 1 atom stereocenters. The lowest BCUT2D eigenvalue weighted by atomic mass is 9.91. The molecule has 2 aromatic carbocycles. The van der Waals surface area contributed by atoms with E-state index in [1.165, 1.54) is 22.0 Å². The number of rotatable bonds is 8. The first-order chi connectivity index (χ1) is 12.8. The van der Waals surface area contributed by atoms with E-state index in [2.05, 4.69) is 82.7 Å². The lowest BCUT2D eigenvalue weighted by molar-refractivity contribution is 0.738. The van der Waals surface area contributed by atoms with Gasteiger partial charge in [-0.15, -0.1) is 0 Å². The maximum absolute atomic E-state index is 5.46. The minimum absolute atomic E-state index is 0.235. The maximum Gasteiger partial charge on any atom is 0.166 e. The summed E-state index contributed by atoms with van der Waals surface area (Å²) in [6.45, 7) is 1.68. The minimum atomic E-state index is 0.235. The van der Waals surface area contributed by atoms with Gasteiger partial charge in [0, 0.05) is 36.1 Å². The zero-order valence-electron chi connectivity index (χ0n) is 15.0. The van der Waals surface area contributed by atoms with Crippen LogP contribution in [0, 0.1) is 0 Å². The molecule has 0 saturated heterocycles. The third-order valence-electron chi connectivity index (χ3n) is 4.48. The largest absolute Gasteiger partial charge is 0.363 e. The van der Waals surface area contributed by atoms with Gasteiger partial charge in [-0.25, -0.2) is 0 Å². The molecule has 1 aromatic heterocycles. The Morgan fingerprint density at radius 1 is 1.08 bits per heavy atom. The number of nitrogens with one attached hydrogen (secondary N) is 3. The van der Waals surface area contributed by atoms with Crippen LogP contribution < -0.4 is 10.6 Å². The molecule has 0 aliphatic carbocycles. The Hall–Kier alpha value is -1.98. The molecule has 0 unspecified atom stereocenters. The van der Waals surface area contributed by atoms with E-state index in [4.69, 9.17) is 12.2 Å². The second-order valence-electron chi connectivity index (χ2n) is 6.24. The van der Waals surface area contributed by atoms with Gasteiger partial charge < -0.3 is 15.6 Å². The van der Waals surface area contributed by atoms with Crippen molar-refractivity contribution in [3.63, 3.8) is 0 Å². The number of para-hydroxylation sites is 1. The van der Waals surface area contributed by atoms with E-state index in [1.807, 2.05) is 11.8 Å². The summed E-state index contributed by atoms with van der Waals surface area (Å²) in [5.41, 5.74) is 3.75. The molecule has 0 radical (unpaired) electrons. The van der Waals surface area contributed by atoms with Crippen LogP contribution >= 0.6 is 24.0 Å². The van der Waals surface area contributed by atoms with Crippen LogP contribution in [-0.2, 0) is 0 Å². The lowest BCUT2D eigenvalue weighted by Crippen LogP contribution is -2.38. The first-order valence-electron chi connectivity index (χ1n) is 8.91. The van der Waals surface area contributed by atoms with Crippen molar-refractivity contribution >= 4 is 40.0 Å². The highest BCUT2D eigenvalue weighted by Gasteiger charge is 2.18. The molecule has 0 aliphatic rings. The summed E-state index contributed by atoms with van der Waals surface area (Å²) in [7, 11) is 0. The molecule has 0 bridgehead atoms. The molecule has 3 N–H and O–H groups in total. The van der Waals surface area contributed by atoms with Crippen LogP contribution in [0.5, 0.6) is 0 Å². The summed E-state index contributed by atoms with van der Waals surface area (Å²) >= 11 is 7.32. The van der Waals surface area contributed by atoms with Crippen molar-refractivity contribution in [3.05, 3.63) is 71.9 Å². The second-order valence-corrected chi connectivity index (χ2v) is 7.63. The van der Waals surface area contributed by atoms with Crippen molar-refractivity contribution in [3.8, 4) is 0 Å². The average Bonchev–Trinajstić information content (AvgIpc) is 3.10. The Kier molecular flexibility index (Phi) is 6.97. The highest BCUT2D eigenvalue weighted by atomic mass is 32.2. The predicted octanol–water partition coefficient (Wildman–Crippen LogP) is 4.52. The smallest absolute Gasteiger partial charge is 0.166 e. The molecule has 0 aliphatic heterocycles. The summed E-state index contributed by atoms with van der Waals surface area (Å²) < 4.78 is 0. The molecule has 26 heavy (non-hydrogen) atoms. The maximum atomic E-state index is 5.46. The van der Waals surface area contributed by atoms with Gasteiger partial charge in [0.2, 0.25) is 0 Å².